The van der Waals surface area contributed by atoms with Gasteiger partial charge in [0, 0.05) is 11.5 Å². The molecule has 1 nitrogen and oxygen atoms in total. The molecule has 0 aliphatic rings. The molecule has 0 spiro atoms. The molecule has 0 aromatic rings. The molecule has 3 heteroatoms. The molecule has 0 bridgehead atoms. The summed E-state index contributed by atoms with van der Waals surface area (Å²) < 4.78 is 8.17. The zero-order valence-electron chi connectivity index (χ0n) is 5.38. The van der Waals surface area contributed by atoms with Gasteiger partial charge in [0.15, 0.2) is 0 Å². The lowest BCUT2D eigenvalue weighted by Gasteiger charge is -1.85. The number of thioether (sulfide) groups is 1. The van der Waals surface area contributed by atoms with Crippen LogP contribution < -0.4 is 0 Å². The van der Waals surface area contributed by atoms with E-state index >= 15 is 0 Å². The third-order valence-corrected chi connectivity index (χ3v) is 1.41. The van der Waals surface area contributed by atoms with Crippen molar-refractivity contribution in [2.45, 2.75) is 0 Å². The van der Waals surface area contributed by atoms with Gasteiger partial charge in [0.2, 0.25) is 0 Å². The van der Waals surface area contributed by atoms with E-state index in [1.165, 1.54) is 9.12 Å². The third kappa shape index (κ3) is 18.1. The minimum Gasteiger partial charge on any atom is -0.154 e. The van der Waals surface area contributed by atoms with Crippen molar-refractivity contribution in [2.24, 2.45) is 0 Å². The van der Waals surface area contributed by atoms with Gasteiger partial charge in [-0.25, -0.2) is 0 Å². The van der Waals surface area contributed by atoms with E-state index in [-0.39, 0.29) is 0 Å². The van der Waals surface area contributed by atoms with Gasteiger partial charge >= 0.3 is 9.12 Å². The molecule has 0 aliphatic heterocycles. The highest BCUT2D eigenvalue weighted by Crippen LogP contribution is 1.97. The van der Waals surface area contributed by atoms with Crippen LogP contribution in [0, 0.1) is 0 Å². The standard InChI is InChI=1S/C6H10S.H2OP/c1-3-5-7-6-4-2;1-2/h3-4H,1-2,5-6H2;2H2/q;+1. The van der Waals surface area contributed by atoms with Crippen molar-refractivity contribution in [2.75, 3.05) is 11.5 Å². The maximum Gasteiger partial charge on any atom is 0.310 e. The SMILES string of the molecule is C=CCSCC=C.O=[PH2+]. The van der Waals surface area contributed by atoms with Gasteiger partial charge in [0.25, 0.3) is 0 Å². The average Bonchev–Trinajstić information content (AvgIpc) is 1.94. The second-order valence-corrected chi connectivity index (χ2v) is 2.19. The molecule has 0 N–H and O–H groups in total. The highest BCUT2D eigenvalue weighted by molar-refractivity contribution is 7.99. The molecule has 0 amide bonds. The van der Waals surface area contributed by atoms with Crippen LogP contribution in [0.3, 0.4) is 0 Å². The van der Waals surface area contributed by atoms with E-state index in [1.807, 2.05) is 23.9 Å². The molecule has 0 radical (unpaired) electrons. The van der Waals surface area contributed by atoms with Crippen LogP contribution in [-0.4, -0.2) is 11.5 Å². The summed E-state index contributed by atoms with van der Waals surface area (Å²) in [7, 11) is 1.17. The molecule has 1 unspecified atom stereocenters. The predicted molar refractivity (Wildman–Crippen MR) is 48.1 cm³/mol. The van der Waals surface area contributed by atoms with Gasteiger partial charge in [-0.05, 0) is 0 Å². The van der Waals surface area contributed by atoms with Crippen LogP contribution >= 0.6 is 20.9 Å². The number of rotatable bonds is 4. The third-order valence-electron chi connectivity index (χ3n) is 0.471. The summed E-state index contributed by atoms with van der Waals surface area (Å²) in [6.45, 7) is 7.15. The van der Waals surface area contributed by atoms with Crippen molar-refractivity contribution < 1.29 is 4.57 Å². The van der Waals surface area contributed by atoms with Gasteiger partial charge in [-0.3, -0.25) is 0 Å². The highest BCUT2D eigenvalue weighted by Gasteiger charge is 1.73. The van der Waals surface area contributed by atoms with E-state index in [0.717, 1.165) is 11.5 Å². The van der Waals surface area contributed by atoms with Gasteiger partial charge in [0.1, 0.15) is 0 Å². The van der Waals surface area contributed by atoms with Crippen molar-refractivity contribution in [3.05, 3.63) is 25.3 Å². The van der Waals surface area contributed by atoms with E-state index in [1.54, 1.807) is 0 Å². The van der Waals surface area contributed by atoms with E-state index in [2.05, 4.69) is 13.2 Å². The molecule has 0 heterocycles. The minimum atomic E-state index is 1.03. The second-order valence-electron chi connectivity index (χ2n) is 1.11. The summed E-state index contributed by atoms with van der Waals surface area (Å²) >= 11 is 1.82. The molecule has 0 saturated heterocycles. The van der Waals surface area contributed by atoms with Gasteiger partial charge in [-0.15, -0.1) is 13.2 Å². The lowest BCUT2D eigenvalue weighted by molar-refractivity contribution is 0.607. The number of hydrogen-bond donors (Lipinski definition) is 0. The first-order valence-electron chi connectivity index (χ1n) is 2.45. The molecular formula is C6H12OPS+. The summed E-state index contributed by atoms with van der Waals surface area (Å²) in [5, 5.41) is 0. The van der Waals surface area contributed by atoms with Crippen LogP contribution in [0.4, 0.5) is 0 Å². The fraction of sp³-hybridized carbons (Fsp3) is 0.333. The first-order chi connectivity index (χ1) is 4.41. The van der Waals surface area contributed by atoms with Gasteiger partial charge in [0.05, 0.1) is 0 Å². The maximum absolute atomic E-state index is 8.17. The van der Waals surface area contributed by atoms with Gasteiger partial charge in [-0.1, -0.05) is 16.7 Å². The van der Waals surface area contributed by atoms with E-state index in [0.29, 0.717) is 0 Å². The lowest BCUT2D eigenvalue weighted by Crippen LogP contribution is -1.69. The first kappa shape index (κ1) is 11.7. The Balaban J connectivity index is 0. The topological polar surface area (TPSA) is 17.1 Å². The summed E-state index contributed by atoms with van der Waals surface area (Å²) in [6, 6.07) is 0. The lowest BCUT2D eigenvalue weighted by atomic mass is 10.8. The molecule has 0 rings (SSSR count). The zero-order chi connectivity index (χ0) is 7.54. The van der Waals surface area contributed by atoms with Crippen LogP contribution in [0.5, 0.6) is 0 Å². The summed E-state index contributed by atoms with van der Waals surface area (Å²) in [5.74, 6) is 2.07. The maximum atomic E-state index is 8.17. The minimum absolute atomic E-state index is 1.03. The van der Waals surface area contributed by atoms with Crippen LogP contribution in [0.15, 0.2) is 25.3 Å². The molecule has 0 aromatic carbocycles. The molecule has 9 heavy (non-hydrogen) atoms. The van der Waals surface area contributed by atoms with Crippen molar-refractivity contribution >= 4 is 20.9 Å². The van der Waals surface area contributed by atoms with Crippen LogP contribution in [0.25, 0.3) is 0 Å². The predicted octanol–water partition coefficient (Wildman–Crippen LogP) is 2.30. The van der Waals surface area contributed by atoms with E-state index in [4.69, 9.17) is 4.57 Å². The summed E-state index contributed by atoms with van der Waals surface area (Å²) in [4.78, 5) is 0. The molecule has 0 saturated carbocycles. The Kier molecular flexibility index (Phi) is 20.4. The Labute approximate surface area is 62.8 Å². The van der Waals surface area contributed by atoms with Crippen molar-refractivity contribution in [3.8, 4) is 0 Å². The van der Waals surface area contributed by atoms with E-state index < -0.39 is 0 Å². The Morgan fingerprint density at radius 3 is 1.78 bits per heavy atom. The van der Waals surface area contributed by atoms with E-state index in [9.17, 15) is 0 Å². The monoisotopic (exact) mass is 163 g/mol. The Morgan fingerprint density at radius 2 is 1.56 bits per heavy atom. The molecule has 52 valence electrons. The molecule has 1 atom stereocenters. The Hall–Kier alpha value is -0.0700. The van der Waals surface area contributed by atoms with Crippen molar-refractivity contribution in [3.63, 3.8) is 0 Å². The average molecular weight is 163 g/mol. The zero-order valence-corrected chi connectivity index (χ0v) is 7.35. The van der Waals surface area contributed by atoms with Gasteiger partial charge in [-0.2, -0.15) is 11.8 Å². The number of hydrogen-bond acceptors (Lipinski definition) is 2. The highest BCUT2D eigenvalue weighted by atomic mass is 32.2. The van der Waals surface area contributed by atoms with Gasteiger partial charge < -0.3 is 0 Å². The molecule has 0 fully saturated rings. The molecule has 0 aromatic heterocycles. The normalized spacial score (nSPS) is 6.67. The molecule has 0 aliphatic carbocycles. The summed E-state index contributed by atoms with van der Waals surface area (Å²) in [6.07, 6.45) is 3.79. The fourth-order valence-electron chi connectivity index (χ4n) is 0.235. The van der Waals surface area contributed by atoms with Crippen molar-refractivity contribution in [1.29, 1.82) is 0 Å². The van der Waals surface area contributed by atoms with Crippen LogP contribution in [0.1, 0.15) is 0 Å². The summed E-state index contributed by atoms with van der Waals surface area (Å²) in [5.41, 5.74) is 0. The quantitative estimate of drug-likeness (QED) is 0.359. The second kappa shape index (κ2) is 15.7. The Bertz CT molecular complexity index is 67.5. The van der Waals surface area contributed by atoms with Crippen LogP contribution in [0.2, 0.25) is 0 Å². The first-order valence-corrected chi connectivity index (χ1v) is 4.07. The van der Waals surface area contributed by atoms with Crippen molar-refractivity contribution in [1.82, 2.24) is 0 Å². The smallest absolute Gasteiger partial charge is 0.154 e. The van der Waals surface area contributed by atoms with Crippen LogP contribution in [-0.2, 0) is 4.57 Å². The fourth-order valence-corrected chi connectivity index (χ4v) is 0.704. The molecular weight excluding hydrogens is 151 g/mol. The largest absolute Gasteiger partial charge is 0.310 e. The Morgan fingerprint density at radius 1 is 1.22 bits per heavy atom.